The van der Waals surface area contributed by atoms with Crippen molar-refractivity contribution in [2.75, 3.05) is 6.54 Å². The number of primary amides is 1. The lowest BCUT2D eigenvalue weighted by molar-refractivity contribution is -0.142. The van der Waals surface area contributed by atoms with Crippen LogP contribution in [0.3, 0.4) is 0 Å². The Morgan fingerprint density at radius 1 is 1.50 bits per heavy atom. The number of rotatable bonds is 4. The Kier molecular flexibility index (Phi) is 4.65. The Bertz CT molecular complexity index is 521. The zero-order valence-electron chi connectivity index (χ0n) is 11.2. The minimum atomic E-state index is -0.649. The monoisotopic (exact) mass is 340 g/mol. The van der Waals surface area contributed by atoms with Crippen molar-refractivity contribution in [2.24, 2.45) is 5.73 Å². The Labute approximate surface area is 126 Å². The number of hydrogen-bond acceptors (Lipinski definition) is 3. The van der Waals surface area contributed by atoms with Crippen LogP contribution in [0.15, 0.2) is 28.7 Å². The summed E-state index contributed by atoms with van der Waals surface area (Å²) in [5.74, 6) is -0.0492. The number of ether oxygens (including phenoxy) is 1. The molecular weight excluding hydrogens is 324 g/mol. The molecule has 1 aliphatic rings. The van der Waals surface area contributed by atoms with Crippen LogP contribution >= 0.6 is 15.9 Å². The molecule has 0 aliphatic carbocycles. The maximum absolute atomic E-state index is 12.3. The molecule has 0 bridgehead atoms. The summed E-state index contributed by atoms with van der Waals surface area (Å²) in [5, 5.41) is 0. The van der Waals surface area contributed by atoms with Gasteiger partial charge in [0.05, 0.1) is 0 Å². The first-order valence-electron chi connectivity index (χ1n) is 6.51. The molecule has 1 saturated heterocycles. The van der Waals surface area contributed by atoms with E-state index in [1.165, 1.54) is 4.90 Å². The molecule has 2 rings (SSSR count). The van der Waals surface area contributed by atoms with Crippen molar-refractivity contribution >= 4 is 27.7 Å². The van der Waals surface area contributed by atoms with Gasteiger partial charge >= 0.3 is 0 Å². The molecule has 1 aromatic carbocycles. The third-order valence-corrected chi connectivity index (χ3v) is 3.81. The second-order valence-electron chi connectivity index (χ2n) is 4.81. The molecule has 1 fully saturated rings. The van der Waals surface area contributed by atoms with Gasteiger partial charge in [-0.3, -0.25) is 9.59 Å². The molecule has 1 aromatic rings. The van der Waals surface area contributed by atoms with Crippen molar-refractivity contribution in [2.45, 2.75) is 31.9 Å². The Balaban J connectivity index is 2.03. The fourth-order valence-electron chi connectivity index (χ4n) is 2.35. The van der Waals surface area contributed by atoms with Crippen molar-refractivity contribution in [1.82, 2.24) is 4.90 Å². The van der Waals surface area contributed by atoms with E-state index in [0.717, 1.165) is 10.9 Å². The van der Waals surface area contributed by atoms with Crippen LogP contribution < -0.4 is 10.5 Å². The van der Waals surface area contributed by atoms with Crippen LogP contribution in [-0.4, -0.2) is 35.4 Å². The summed E-state index contributed by atoms with van der Waals surface area (Å²) in [6.45, 7) is 2.23. The maximum atomic E-state index is 12.3. The highest BCUT2D eigenvalue weighted by Gasteiger charge is 2.35. The zero-order chi connectivity index (χ0) is 14.7. The molecule has 0 unspecified atom stereocenters. The van der Waals surface area contributed by atoms with Crippen LogP contribution in [0.2, 0.25) is 0 Å². The van der Waals surface area contributed by atoms with E-state index in [1.807, 2.05) is 12.1 Å². The predicted molar refractivity (Wildman–Crippen MR) is 78.2 cm³/mol. The molecule has 1 aliphatic heterocycles. The summed E-state index contributed by atoms with van der Waals surface area (Å²) in [6, 6.07) is 6.78. The number of nitrogens with zero attached hydrogens (tertiary/aromatic N) is 1. The quantitative estimate of drug-likeness (QED) is 0.906. The largest absolute Gasteiger partial charge is 0.481 e. The van der Waals surface area contributed by atoms with Gasteiger partial charge in [0.15, 0.2) is 6.10 Å². The number of carbonyl (C=O) groups excluding carboxylic acids is 2. The lowest BCUT2D eigenvalue weighted by atomic mass is 10.2. The smallest absolute Gasteiger partial charge is 0.264 e. The molecule has 2 amide bonds. The Morgan fingerprint density at radius 2 is 2.25 bits per heavy atom. The number of nitrogens with two attached hydrogens (primary N) is 1. The van der Waals surface area contributed by atoms with Crippen molar-refractivity contribution in [1.29, 1.82) is 0 Å². The average Bonchev–Trinajstić information content (AvgIpc) is 2.87. The first-order valence-corrected chi connectivity index (χ1v) is 7.30. The zero-order valence-corrected chi connectivity index (χ0v) is 12.8. The van der Waals surface area contributed by atoms with Crippen LogP contribution in [0.4, 0.5) is 0 Å². The van der Waals surface area contributed by atoms with E-state index in [4.69, 9.17) is 10.5 Å². The summed E-state index contributed by atoms with van der Waals surface area (Å²) < 4.78 is 6.50. The van der Waals surface area contributed by atoms with Gasteiger partial charge in [-0.15, -0.1) is 0 Å². The second kappa shape index (κ2) is 6.26. The molecule has 2 atom stereocenters. The summed E-state index contributed by atoms with van der Waals surface area (Å²) >= 11 is 3.35. The first kappa shape index (κ1) is 14.8. The topological polar surface area (TPSA) is 72.6 Å². The highest BCUT2D eigenvalue weighted by Crippen LogP contribution is 2.22. The van der Waals surface area contributed by atoms with Gasteiger partial charge in [-0.2, -0.15) is 0 Å². The lowest BCUT2D eigenvalue weighted by Crippen LogP contribution is -2.48. The fourth-order valence-corrected chi connectivity index (χ4v) is 2.73. The summed E-state index contributed by atoms with van der Waals surface area (Å²) in [6.07, 6.45) is 0.775. The van der Waals surface area contributed by atoms with Gasteiger partial charge in [0.2, 0.25) is 5.91 Å². The standard InChI is InChI=1S/C14H17BrN2O3/c1-9(20-11-5-2-4-10(15)8-11)14(19)17-7-3-6-12(17)13(16)18/h2,4-5,8-9,12H,3,6-7H2,1H3,(H2,16,18)/t9-,12+/m1/s1. The Hall–Kier alpha value is -1.56. The van der Waals surface area contributed by atoms with Gasteiger partial charge in [-0.05, 0) is 38.0 Å². The molecule has 0 saturated carbocycles. The molecule has 2 N–H and O–H groups in total. The first-order chi connectivity index (χ1) is 9.49. The average molecular weight is 341 g/mol. The van der Waals surface area contributed by atoms with Crippen molar-refractivity contribution in [3.63, 3.8) is 0 Å². The number of hydrogen-bond donors (Lipinski definition) is 1. The number of likely N-dealkylation sites (tertiary alicyclic amines) is 1. The van der Waals surface area contributed by atoms with Crippen LogP contribution in [0.25, 0.3) is 0 Å². The normalized spacial score (nSPS) is 19.7. The van der Waals surface area contributed by atoms with Gasteiger partial charge in [0.25, 0.3) is 5.91 Å². The van der Waals surface area contributed by atoms with E-state index in [9.17, 15) is 9.59 Å². The van der Waals surface area contributed by atoms with Crippen molar-refractivity contribution < 1.29 is 14.3 Å². The molecule has 20 heavy (non-hydrogen) atoms. The van der Waals surface area contributed by atoms with E-state index in [-0.39, 0.29) is 5.91 Å². The molecule has 1 heterocycles. The lowest BCUT2D eigenvalue weighted by Gasteiger charge is -2.25. The second-order valence-corrected chi connectivity index (χ2v) is 5.73. The number of halogens is 1. The van der Waals surface area contributed by atoms with Gasteiger partial charge in [0.1, 0.15) is 11.8 Å². The van der Waals surface area contributed by atoms with Crippen LogP contribution in [0.5, 0.6) is 5.75 Å². The number of benzene rings is 1. The molecule has 108 valence electrons. The SMILES string of the molecule is C[C@@H](Oc1cccc(Br)c1)C(=O)N1CCC[C@H]1C(N)=O. The Morgan fingerprint density at radius 3 is 2.90 bits per heavy atom. The van der Waals surface area contributed by atoms with E-state index >= 15 is 0 Å². The third kappa shape index (κ3) is 3.30. The molecule has 0 spiro atoms. The minimum absolute atomic E-state index is 0.203. The van der Waals surface area contributed by atoms with Crippen LogP contribution in [-0.2, 0) is 9.59 Å². The fraction of sp³-hybridized carbons (Fsp3) is 0.429. The van der Waals surface area contributed by atoms with Crippen molar-refractivity contribution in [3.05, 3.63) is 28.7 Å². The summed E-state index contributed by atoms with van der Waals surface area (Å²) in [7, 11) is 0. The van der Waals surface area contributed by atoms with E-state index in [2.05, 4.69) is 15.9 Å². The highest BCUT2D eigenvalue weighted by molar-refractivity contribution is 9.10. The third-order valence-electron chi connectivity index (χ3n) is 3.32. The number of amides is 2. The van der Waals surface area contributed by atoms with Gasteiger partial charge in [0, 0.05) is 11.0 Å². The van der Waals surface area contributed by atoms with Crippen LogP contribution in [0.1, 0.15) is 19.8 Å². The van der Waals surface area contributed by atoms with Crippen LogP contribution in [0, 0.1) is 0 Å². The predicted octanol–water partition coefficient (Wildman–Crippen LogP) is 1.69. The highest BCUT2D eigenvalue weighted by atomic mass is 79.9. The van der Waals surface area contributed by atoms with Gasteiger partial charge < -0.3 is 15.4 Å². The molecule has 0 aromatic heterocycles. The van der Waals surface area contributed by atoms with E-state index in [0.29, 0.717) is 18.7 Å². The van der Waals surface area contributed by atoms with Gasteiger partial charge in [-0.25, -0.2) is 0 Å². The van der Waals surface area contributed by atoms with E-state index < -0.39 is 18.1 Å². The summed E-state index contributed by atoms with van der Waals surface area (Å²) in [4.78, 5) is 25.2. The molecule has 6 heteroatoms. The van der Waals surface area contributed by atoms with Gasteiger partial charge in [-0.1, -0.05) is 22.0 Å². The van der Waals surface area contributed by atoms with Crippen molar-refractivity contribution in [3.8, 4) is 5.75 Å². The molecule has 0 radical (unpaired) electrons. The van der Waals surface area contributed by atoms with E-state index in [1.54, 1.807) is 19.1 Å². The molecule has 5 nitrogen and oxygen atoms in total. The minimum Gasteiger partial charge on any atom is -0.481 e. The number of carbonyl (C=O) groups is 2. The molecular formula is C14H17BrN2O3. The maximum Gasteiger partial charge on any atom is 0.264 e. The summed E-state index contributed by atoms with van der Waals surface area (Å²) in [5.41, 5.74) is 5.32.